The van der Waals surface area contributed by atoms with Gasteiger partial charge in [-0.15, -0.1) is 0 Å². The van der Waals surface area contributed by atoms with Crippen LogP contribution in [0.3, 0.4) is 0 Å². The molecule has 2 aliphatic rings. The molecule has 0 aromatic carbocycles. The number of hydrogen-bond donors (Lipinski definition) is 1. The second kappa shape index (κ2) is 4.45. The molecule has 2 rings (SSSR count). The Bertz CT molecular complexity index is 268. The molecule has 2 saturated carbocycles. The van der Waals surface area contributed by atoms with E-state index in [4.69, 9.17) is 0 Å². The predicted molar refractivity (Wildman–Crippen MR) is 61.7 cm³/mol. The fourth-order valence-corrected chi connectivity index (χ4v) is 3.13. The second-order valence-electron chi connectivity index (χ2n) is 6.02. The van der Waals surface area contributed by atoms with E-state index in [0.29, 0.717) is 11.8 Å². The van der Waals surface area contributed by atoms with Gasteiger partial charge in [0.05, 0.1) is 0 Å². The molecule has 0 spiro atoms. The fourth-order valence-electron chi connectivity index (χ4n) is 3.13. The molecular weight excluding hydrogens is 227 g/mol. The molecule has 0 aliphatic heterocycles. The first-order valence-corrected chi connectivity index (χ1v) is 6.70. The van der Waals surface area contributed by atoms with Crippen molar-refractivity contribution in [2.75, 3.05) is 0 Å². The maximum absolute atomic E-state index is 12.9. The SMILES string of the molecule is CC(C)C1CCCCC1NC1(C(F)(F)F)CC1. The van der Waals surface area contributed by atoms with E-state index < -0.39 is 11.7 Å². The van der Waals surface area contributed by atoms with Gasteiger partial charge in [0.25, 0.3) is 0 Å². The average Bonchev–Trinajstić information content (AvgIpc) is 2.98. The Labute approximate surface area is 101 Å². The number of halogens is 3. The van der Waals surface area contributed by atoms with Crippen LogP contribution in [0, 0.1) is 11.8 Å². The lowest BCUT2D eigenvalue weighted by Gasteiger charge is -2.38. The second-order valence-corrected chi connectivity index (χ2v) is 6.02. The van der Waals surface area contributed by atoms with Gasteiger partial charge in [-0.2, -0.15) is 13.2 Å². The van der Waals surface area contributed by atoms with Gasteiger partial charge in [-0.25, -0.2) is 0 Å². The minimum Gasteiger partial charge on any atom is -0.301 e. The Morgan fingerprint density at radius 2 is 1.71 bits per heavy atom. The van der Waals surface area contributed by atoms with Crippen LogP contribution >= 0.6 is 0 Å². The van der Waals surface area contributed by atoms with Gasteiger partial charge >= 0.3 is 6.18 Å². The van der Waals surface area contributed by atoms with Gasteiger partial charge < -0.3 is 5.32 Å². The quantitative estimate of drug-likeness (QED) is 0.800. The van der Waals surface area contributed by atoms with Crippen molar-refractivity contribution in [3.63, 3.8) is 0 Å². The van der Waals surface area contributed by atoms with Crippen molar-refractivity contribution in [1.29, 1.82) is 0 Å². The normalized spacial score (nSPS) is 32.8. The van der Waals surface area contributed by atoms with Crippen molar-refractivity contribution >= 4 is 0 Å². The molecule has 2 aliphatic carbocycles. The van der Waals surface area contributed by atoms with E-state index in [2.05, 4.69) is 19.2 Å². The van der Waals surface area contributed by atoms with Crippen LogP contribution in [-0.4, -0.2) is 17.8 Å². The fraction of sp³-hybridized carbons (Fsp3) is 1.00. The lowest BCUT2D eigenvalue weighted by Crippen LogP contribution is -2.53. The summed E-state index contributed by atoms with van der Waals surface area (Å²) >= 11 is 0. The number of nitrogens with one attached hydrogen (secondary N) is 1. The zero-order valence-electron chi connectivity index (χ0n) is 10.6. The molecular formula is C13H22F3N. The average molecular weight is 249 g/mol. The first kappa shape index (κ1) is 13.2. The molecule has 2 unspecified atom stereocenters. The van der Waals surface area contributed by atoms with Gasteiger partial charge in [-0.1, -0.05) is 26.7 Å². The summed E-state index contributed by atoms with van der Waals surface area (Å²) in [6, 6.07) is 0.0628. The molecule has 0 radical (unpaired) electrons. The van der Waals surface area contributed by atoms with Gasteiger partial charge in [0.15, 0.2) is 0 Å². The van der Waals surface area contributed by atoms with E-state index in [0.717, 1.165) is 19.3 Å². The van der Waals surface area contributed by atoms with Crippen LogP contribution in [0.25, 0.3) is 0 Å². The van der Waals surface area contributed by atoms with Gasteiger partial charge in [0.1, 0.15) is 5.54 Å². The topological polar surface area (TPSA) is 12.0 Å². The lowest BCUT2D eigenvalue weighted by atomic mass is 9.77. The van der Waals surface area contributed by atoms with E-state index in [9.17, 15) is 13.2 Å². The third-order valence-electron chi connectivity index (χ3n) is 4.43. The Morgan fingerprint density at radius 1 is 1.12 bits per heavy atom. The largest absolute Gasteiger partial charge is 0.406 e. The summed E-state index contributed by atoms with van der Waals surface area (Å²) in [6.07, 6.45) is 0.653. The molecule has 1 N–H and O–H groups in total. The van der Waals surface area contributed by atoms with E-state index in [1.807, 2.05) is 0 Å². The molecule has 100 valence electrons. The monoisotopic (exact) mass is 249 g/mol. The maximum atomic E-state index is 12.9. The molecule has 2 atom stereocenters. The standard InChI is InChI=1S/C13H22F3N/c1-9(2)10-5-3-4-6-11(10)17-12(7-8-12)13(14,15)16/h9-11,17H,3-8H2,1-2H3. The Morgan fingerprint density at radius 3 is 2.18 bits per heavy atom. The molecule has 17 heavy (non-hydrogen) atoms. The first-order valence-electron chi connectivity index (χ1n) is 6.70. The van der Waals surface area contributed by atoms with Crippen molar-refractivity contribution in [1.82, 2.24) is 5.32 Å². The van der Waals surface area contributed by atoms with Gasteiger partial charge in [-0.05, 0) is 37.5 Å². The summed E-state index contributed by atoms with van der Waals surface area (Å²) in [5.41, 5.74) is -1.54. The van der Waals surface area contributed by atoms with Crippen LogP contribution in [0.2, 0.25) is 0 Å². The minimum atomic E-state index is -4.08. The molecule has 1 nitrogen and oxygen atoms in total. The van der Waals surface area contributed by atoms with Crippen LogP contribution < -0.4 is 5.32 Å². The molecule has 0 saturated heterocycles. The molecule has 4 heteroatoms. The Hall–Kier alpha value is -0.250. The van der Waals surface area contributed by atoms with Crippen LogP contribution in [0.1, 0.15) is 52.4 Å². The number of hydrogen-bond acceptors (Lipinski definition) is 1. The lowest BCUT2D eigenvalue weighted by molar-refractivity contribution is -0.169. The van der Waals surface area contributed by atoms with E-state index in [1.165, 1.54) is 6.42 Å². The molecule has 2 fully saturated rings. The smallest absolute Gasteiger partial charge is 0.301 e. The highest BCUT2D eigenvalue weighted by atomic mass is 19.4. The van der Waals surface area contributed by atoms with Crippen LogP contribution in [-0.2, 0) is 0 Å². The maximum Gasteiger partial charge on any atom is 0.406 e. The minimum absolute atomic E-state index is 0.0628. The van der Waals surface area contributed by atoms with Crippen molar-refractivity contribution in [3.05, 3.63) is 0 Å². The summed E-state index contributed by atoms with van der Waals surface area (Å²) in [4.78, 5) is 0. The van der Waals surface area contributed by atoms with E-state index in [1.54, 1.807) is 0 Å². The molecule has 0 aromatic heterocycles. The Balaban J connectivity index is 2.02. The number of alkyl halides is 3. The van der Waals surface area contributed by atoms with Crippen molar-refractivity contribution in [2.45, 2.75) is 70.1 Å². The predicted octanol–water partition coefficient (Wildman–Crippen LogP) is 3.89. The number of rotatable bonds is 3. The van der Waals surface area contributed by atoms with Crippen molar-refractivity contribution < 1.29 is 13.2 Å². The van der Waals surface area contributed by atoms with Gasteiger partial charge in [0, 0.05) is 6.04 Å². The zero-order valence-corrected chi connectivity index (χ0v) is 10.6. The molecule has 0 amide bonds. The highest BCUT2D eigenvalue weighted by molar-refractivity contribution is 5.10. The van der Waals surface area contributed by atoms with Crippen LogP contribution in [0.15, 0.2) is 0 Å². The summed E-state index contributed by atoms with van der Waals surface area (Å²) in [6.45, 7) is 4.25. The van der Waals surface area contributed by atoms with Crippen molar-refractivity contribution in [3.8, 4) is 0 Å². The van der Waals surface area contributed by atoms with Crippen molar-refractivity contribution in [2.24, 2.45) is 11.8 Å². The van der Waals surface area contributed by atoms with Gasteiger partial charge in [0.2, 0.25) is 0 Å². The van der Waals surface area contributed by atoms with E-state index in [-0.39, 0.29) is 18.9 Å². The third kappa shape index (κ3) is 2.61. The summed E-state index contributed by atoms with van der Waals surface area (Å²) in [5, 5.41) is 2.95. The van der Waals surface area contributed by atoms with Crippen LogP contribution in [0.5, 0.6) is 0 Å². The van der Waals surface area contributed by atoms with Crippen LogP contribution in [0.4, 0.5) is 13.2 Å². The Kier molecular flexibility index (Phi) is 3.45. The first-order chi connectivity index (χ1) is 7.86. The highest BCUT2D eigenvalue weighted by Crippen LogP contribution is 2.50. The summed E-state index contributed by atoms with van der Waals surface area (Å²) in [7, 11) is 0. The van der Waals surface area contributed by atoms with Gasteiger partial charge in [-0.3, -0.25) is 0 Å². The molecule has 0 heterocycles. The summed E-state index contributed by atoms with van der Waals surface area (Å²) < 4.78 is 38.7. The van der Waals surface area contributed by atoms with E-state index >= 15 is 0 Å². The molecule has 0 bridgehead atoms. The zero-order chi connectivity index (χ0) is 12.7. The summed E-state index contributed by atoms with van der Waals surface area (Å²) in [5.74, 6) is 0.875. The third-order valence-corrected chi connectivity index (χ3v) is 4.43. The highest BCUT2D eigenvalue weighted by Gasteiger charge is 2.64. The molecule has 0 aromatic rings.